The quantitative estimate of drug-likeness (QED) is 0.712. The van der Waals surface area contributed by atoms with E-state index in [1.165, 1.54) is 0 Å². The molecular weight excluding hydrogens is 176 g/mol. The van der Waals surface area contributed by atoms with Crippen molar-refractivity contribution in [1.82, 2.24) is 4.98 Å². The lowest BCUT2D eigenvalue weighted by atomic mass is 10.1. The third-order valence-corrected chi connectivity index (χ3v) is 2.06. The minimum atomic E-state index is 0.176. The molecular formula is C11H16N2O. The van der Waals surface area contributed by atoms with Crippen LogP contribution in [0.4, 0.5) is 0 Å². The Bertz CT molecular complexity index is 323. The fourth-order valence-electron chi connectivity index (χ4n) is 1.22. The normalized spacial score (nSPS) is 12.5. The van der Waals surface area contributed by atoms with Gasteiger partial charge in [-0.25, -0.2) is 0 Å². The fourth-order valence-corrected chi connectivity index (χ4v) is 1.22. The summed E-state index contributed by atoms with van der Waals surface area (Å²) in [5.74, 6) is 0.226. The summed E-state index contributed by atoms with van der Waals surface area (Å²) in [6.07, 6.45) is 0.762. The molecule has 1 heterocycles. The van der Waals surface area contributed by atoms with Crippen molar-refractivity contribution in [3.8, 4) is 0 Å². The first-order valence-electron chi connectivity index (χ1n) is 4.75. The molecule has 0 radical (unpaired) electrons. The van der Waals surface area contributed by atoms with Crippen LogP contribution in [-0.4, -0.2) is 22.4 Å². The first-order chi connectivity index (χ1) is 6.63. The summed E-state index contributed by atoms with van der Waals surface area (Å²) < 4.78 is 0. The van der Waals surface area contributed by atoms with Crippen LogP contribution in [0.3, 0.4) is 0 Å². The Labute approximate surface area is 84.3 Å². The molecule has 0 aliphatic rings. The Hall–Kier alpha value is -1.22. The van der Waals surface area contributed by atoms with Gasteiger partial charge < -0.3 is 10.5 Å². The van der Waals surface area contributed by atoms with Crippen LogP contribution in [0.25, 0.3) is 0 Å². The van der Waals surface area contributed by atoms with E-state index >= 15 is 0 Å². The van der Waals surface area contributed by atoms with Crippen LogP contribution in [0.1, 0.15) is 25.2 Å². The van der Waals surface area contributed by atoms with Crippen LogP contribution in [0.15, 0.2) is 18.2 Å². The molecule has 1 unspecified atom stereocenters. The number of pyridine rings is 1. The van der Waals surface area contributed by atoms with Gasteiger partial charge in [0, 0.05) is 12.3 Å². The van der Waals surface area contributed by atoms with Gasteiger partial charge in [-0.3, -0.25) is 4.98 Å². The summed E-state index contributed by atoms with van der Waals surface area (Å²) in [4.78, 5) is 4.32. The highest BCUT2D eigenvalue weighted by molar-refractivity contribution is 5.94. The Morgan fingerprint density at radius 1 is 1.57 bits per heavy atom. The van der Waals surface area contributed by atoms with E-state index in [4.69, 9.17) is 10.5 Å². The van der Waals surface area contributed by atoms with E-state index in [0.717, 1.165) is 12.1 Å². The van der Waals surface area contributed by atoms with Crippen molar-refractivity contribution in [3.63, 3.8) is 0 Å². The number of nitrogens with zero attached hydrogens (tertiary/aromatic N) is 1. The fraction of sp³-hybridized carbons (Fsp3) is 0.455. The van der Waals surface area contributed by atoms with Gasteiger partial charge >= 0.3 is 0 Å². The van der Waals surface area contributed by atoms with Gasteiger partial charge in [0.05, 0.1) is 11.4 Å². The summed E-state index contributed by atoms with van der Waals surface area (Å²) >= 11 is 0. The zero-order chi connectivity index (χ0) is 10.6. The third-order valence-electron chi connectivity index (χ3n) is 2.06. The zero-order valence-electron chi connectivity index (χ0n) is 8.62. The number of hydrogen-bond acceptors (Lipinski definition) is 3. The van der Waals surface area contributed by atoms with Crippen LogP contribution in [0.2, 0.25) is 0 Å². The van der Waals surface area contributed by atoms with Crippen LogP contribution in [-0.2, 0) is 6.42 Å². The van der Waals surface area contributed by atoms with E-state index < -0.39 is 0 Å². The molecule has 1 atom stereocenters. The first kappa shape index (κ1) is 10.9. The molecule has 0 saturated carbocycles. The molecule has 0 fully saturated rings. The van der Waals surface area contributed by atoms with Crippen molar-refractivity contribution in [2.45, 2.75) is 20.3 Å². The number of aliphatic hydroxyl groups is 1. The highest BCUT2D eigenvalue weighted by atomic mass is 16.3. The van der Waals surface area contributed by atoms with E-state index in [-0.39, 0.29) is 12.5 Å². The molecule has 3 nitrogen and oxygen atoms in total. The van der Waals surface area contributed by atoms with Gasteiger partial charge in [0.1, 0.15) is 0 Å². The highest BCUT2D eigenvalue weighted by Gasteiger charge is 2.04. The third kappa shape index (κ3) is 2.92. The number of aliphatic hydroxyl groups excluding tert-OH is 1. The molecule has 1 aromatic heterocycles. The van der Waals surface area contributed by atoms with Crippen LogP contribution >= 0.6 is 0 Å². The van der Waals surface area contributed by atoms with E-state index in [0.29, 0.717) is 11.4 Å². The van der Waals surface area contributed by atoms with Gasteiger partial charge in [-0.05, 0) is 31.4 Å². The lowest BCUT2D eigenvalue weighted by Crippen LogP contribution is -2.07. The molecule has 0 aromatic carbocycles. The van der Waals surface area contributed by atoms with Gasteiger partial charge in [0.2, 0.25) is 0 Å². The molecule has 2 N–H and O–H groups in total. The maximum atomic E-state index is 8.90. The van der Waals surface area contributed by atoms with E-state index in [1.54, 1.807) is 6.92 Å². The smallest absolute Gasteiger partial charge is 0.0837 e. The maximum Gasteiger partial charge on any atom is 0.0837 e. The standard InChI is InChI=1S/C11H16N2O/c1-8(7-14)6-10-4-3-5-11(13-10)9(2)12/h3-5,8,12,14H,6-7H2,1-2H3. The maximum absolute atomic E-state index is 8.90. The predicted octanol–water partition coefficient (Wildman–Crippen LogP) is 1.64. The number of nitrogens with one attached hydrogen (secondary N) is 1. The number of hydrogen-bond donors (Lipinski definition) is 2. The van der Waals surface area contributed by atoms with Gasteiger partial charge in [0.15, 0.2) is 0 Å². The monoisotopic (exact) mass is 192 g/mol. The minimum Gasteiger partial charge on any atom is -0.396 e. The lowest BCUT2D eigenvalue weighted by molar-refractivity contribution is 0.236. The summed E-state index contributed by atoms with van der Waals surface area (Å²) in [5, 5.41) is 16.4. The van der Waals surface area contributed by atoms with E-state index in [1.807, 2.05) is 25.1 Å². The summed E-state index contributed by atoms with van der Waals surface area (Å²) in [5.41, 5.74) is 2.13. The molecule has 0 amide bonds. The summed E-state index contributed by atoms with van der Waals surface area (Å²) in [6.45, 7) is 3.88. The summed E-state index contributed by atoms with van der Waals surface area (Å²) in [7, 11) is 0. The van der Waals surface area contributed by atoms with Gasteiger partial charge in [-0.1, -0.05) is 13.0 Å². The van der Waals surface area contributed by atoms with Crippen molar-refractivity contribution < 1.29 is 5.11 Å². The largest absolute Gasteiger partial charge is 0.396 e. The second kappa shape index (κ2) is 4.86. The SMILES string of the molecule is CC(=N)c1cccc(CC(C)CO)n1. The van der Waals surface area contributed by atoms with Gasteiger partial charge in [-0.2, -0.15) is 0 Å². The van der Waals surface area contributed by atoms with Crippen molar-refractivity contribution in [1.29, 1.82) is 5.41 Å². The Morgan fingerprint density at radius 3 is 2.86 bits per heavy atom. The Kier molecular flexibility index (Phi) is 3.77. The second-order valence-electron chi connectivity index (χ2n) is 3.63. The van der Waals surface area contributed by atoms with Crippen molar-refractivity contribution in [3.05, 3.63) is 29.6 Å². The number of aromatic nitrogens is 1. The molecule has 0 aliphatic carbocycles. The Balaban J connectivity index is 2.78. The topological polar surface area (TPSA) is 57.0 Å². The molecule has 0 spiro atoms. The van der Waals surface area contributed by atoms with Crippen LogP contribution in [0.5, 0.6) is 0 Å². The van der Waals surface area contributed by atoms with Gasteiger partial charge in [-0.15, -0.1) is 0 Å². The molecule has 14 heavy (non-hydrogen) atoms. The molecule has 0 aliphatic heterocycles. The van der Waals surface area contributed by atoms with Crippen LogP contribution < -0.4 is 0 Å². The average Bonchev–Trinajstić information content (AvgIpc) is 2.18. The summed E-state index contributed by atoms with van der Waals surface area (Å²) in [6, 6.07) is 5.66. The molecule has 76 valence electrons. The molecule has 3 heteroatoms. The molecule has 1 aromatic rings. The highest BCUT2D eigenvalue weighted by Crippen LogP contribution is 2.06. The second-order valence-corrected chi connectivity index (χ2v) is 3.63. The lowest BCUT2D eigenvalue weighted by Gasteiger charge is -2.07. The zero-order valence-corrected chi connectivity index (χ0v) is 8.62. The average molecular weight is 192 g/mol. The molecule has 0 saturated heterocycles. The molecule has 0 bridgehead atoms. The molecule has 1 rings (SSSR count). The van der Waals surface area contributed by atoms with Gasteiger partial charge in [0.25, 0.3) is 0 Å². The van der Waals surface area contributed by atoms with E-state index in [9.17, 15) is 0 Å². The van der Waals surface area contributed by atoms with Crippen molar-refractivity contribution in [2.24, 2.45) is 5.92 Å². The number of rotatable bonds is 4. The minimum absolute atomic E-state index is 0.176. The van der Waals surface area contributed by atoms with Crippen molar-refractivity contribution >= 4 is 5.71 Å². The van der Waals surface area contributed by atoms with Crippen LogP contribution in [0, 0.1) is 11.3 Å². The van der Waals surface area contributed by atoms with Crippen molar-refractivity contribution in [2.75, 3.05) is 6.61 Å². The van der Waals surface area contributed by atoms with E-state index in [2.05, 4.69) is 4.98 Å². The predicted molar refractivity (Wildman–Crippen MR) is 56.7 cm³/mol. The Morgan fingerprint density at radius 2 is 2.29 bits per heavy atom. The first-order valence-corrected chi connectivity index (χ1v) is 4.75.